The molecule has 0 spiro atoms. The van der Waals surface area contributed by atoms with Crippen molar-refractivity contribution in [2.45, 2.75) is 26.1 Å². The van der Waals surface area contributed by atoms with E-state index < -0.39 is 12.1 Å². The number of carbonyl (C=O) groups is 1. The molecule has 1 heterocycles. The van der Waals surface area contributed by atoms with E-state index >= 15 is 0 Å². The van der Waals surface area contributed by atoms with Crippen molar-refractivity contribution in [2.24, 2.45) is 17.6 Å². The zero-order valence-electron chi connectivity index (χ0n) is 7.36. The van der Waals surface area contributed by atoms with E-state index in [1.807, 2.05) is 13.8 Å². The van der Waals surface area contributed by atoms with Crippen LogP contribution in [0.15, 0.2) is 0 Å². The van der Waals surface area contributed by atoms with Crippen LogP contribution in [0.2, 0.25) is 0 Å². The Kier molecular flexibility index (Phi) is 2.69. The molecule has 4 heteroatoms. The Morgan fingerprint density at radius 2 is 2.08 bits per heavy atom. The van der Waals surface area contributed by atoms with Crippen LogP contribution in [0.1, 0.15) is 13.8 Å². The fourth-order valence-electron chi connectivity index (χ4n) is 1.60. The first-order valence-electron chi connectivity index (χ1n) is 4.16. The van der Waals surface area contributed by atoms with Gasteiger partial charge in [0.05, 0.1) is 6.10 Å². The predicted octanol–water partition coefficient (Wildman–Crippen LogP) is 0.0693. The monoisotopic (exact) mass is 173 g/mol. The Balaban J connectivity index is 2.66. The SMILES string of the molecule is C[C@H]1[C@H](C)C(C(=O)O)O[C@@H]1CN. The van der Waals surface area contributed by atoms with Crippen molar-refractivity contribution in [3.05, 3.63) is 0 Å². The molecule has 0 amide bonds. The van der Waals surface area contributed by atoms with Crippen molar-refractivity contribution in [1.82, 2.24) is 0 Å². The minimum Gasteiger partial charge on any atom is -0.479 e. The van der Waals surface area contributed by atoms with Crippen LogP contribution in [-0.2, 0) is 9.53 Å². The first kappa shape index (κ1) is 9.48. The summed E-state index contributed by atoms with van der Waals surface area (Å²) in [6.07, 6.45) is -0.769. The van der Waals surface area contributed by atoms with Crippen LogP contribution in [0.3, 0.4) is 0 Å². The van der Waals surface area contributed by atoms with Crippen molar-refractivity contribution in [1.29, 1.82) is 0 Å². The van der Waals surface area contributed by atoms with Crippen LogP contribution < -0.4 is 5.73 Å². The lowest BCUT2D eigenvalue weighted by atomic mass is 9.90. The summed E-state index contributed by atoms with van der Waals surface area (Å²) in [6.45, 7) is 4.26. The highest BCUT2D eigenvalue weighted by molar-refractivity contribution is 5.73. The van der Waals surface area contributed by atoms with Crippen molar-refractivity contribution >= 4 is 5.97 Å². The summed E-state index contributed by atoms with van der Waals surface area (Å²) in [5.41, 5.74) is 5.43. The number of carboxylic acids is 1. The van der Waals surface area contributed by atoms with E-state index in [2.05, 4.69) is 0 Å². The largest absolute Gasteiger partial charge is 0.479 e. The molecule has 0 aromatic rings. The quantitative estimate of drug-likeness (QED) is 0.619. The standard InChI is InChI=1S/C8H15NO3/c1-4-5(2)7(8(10)11)12-6(4)3-9/h4-7H,3,9H2,1-2H3,(H,10,11)/t4-,5-,6+,7?/m0/s1. The molecule has 1 unspecified atom stereocenters. The summed E-state index contributed by atoms with van der Waals surface area (Å²) >= 11 is 0. The lowest BCUT2D eigenvalue weighted by Crippen LogP contribution is -2.26. The van der Waals surface area contributed by atoms with Gasteiger partial charge in [-0.05, 0) is 11.8 Å². The van der Waals surface area contributed by atoms with Gasteiger partial charge in [0.25, 0.3) is 0 Å². The fourth-order valence-corrected chi connectivity index (χ4v) is 1.60. The molecular formula is C8H15NO3. The normalized spacial score (nSPS) is 41.6. The molecule has 1 saturated heterocycles. The van der Waals surface area contributed by atoms with Crippen LogP contribution in [0.4, 0.5) is 0 Å². The summed E-state index contributed by atoms with van der Waals surface area (Å²) in [7, 11) is 0. The van der Waals surface area contributed by atoms with Crippen LogP contribution in [0.5, 0.6) is 0 Å². The number of aliphatic carboxylic acids is 1. The second kappa shape index (κ2) is 3.41. The zero-order chi connectivity index (χ0) is 9.30. The lowest BCUT2D eigenvalue weighted by Gasteiger charge is -2.12. The maximum Gasteiger partial charge on any atom is 0.333 e. The summed E-state index contributed by atoms with van der Waals surface area (Å²) in [6, 6.07) is 0. The van der Waals surface area contributed by atoms with E-state index in [-0.39, 0.29) is 17.9 Å². The van der Waals surface area contributed by atoms with E-state index in [4.69, 9.17) is 15.6 Å². The molecule has 0 bridgehead atoms. The third-order valence-electron chi connectivity index (χ3n) is 2.69. The Labute approximate surface area is 71.7 Å². The second-order valence-corrected chi connectivity index (χ2v) is 3.39. The molecule has 70 valence electrons. The number of hydrogen-bond donors (Lipinski definition) is 2. The molecule has 1 aliphatic rings. The third kappa shape index (κ3) is 1.44. The molecular weight excluding hydrogens is 158 g/mol. The van der Waals surface area contributed by atoms with Gasteiger partial charge in [0, 0.05) is 6.54 Å². The highest BCUT2D eigenvalue weighted by Crippen LogP contribution is 2.31. The number of hydrogen-bond acceptors (Lipinski definition) is 3. The Morgan fingerprint density at radius 3 is 2.33 bits per heavy atom. The van der Waals surface area contributed by atoms with E-state index in [0.717, 1.165) is 0 Å². The summed E-state index contributed by atoms with van der Waals surface area (Å²) < 4.78 is 5.27. The molecule has 0 aromatic carbocycles. The van der Waals surface area contributed by atoms with Gasteiger partial charge in [-0.25, -0.2) is 4.79 Å². The van der Waals surface area contributed by atoms with Gasteiger partial charge in [0.15, 0.2) is 6.10 Å². The van der Waals surface area contributed by atoms with Gasteiger partial charge in [-0.1, -0.05) is 13.8 Å². The maximum atomic E-state index is 10.7. The van der Waals surface area contributed by atoms with Gasteiger partial charge in [-0.3, -0.25) is 0 Å². The molecule has 0 radical (unpaired) electrons. The van der Waals surface area contributed by atoms with Crippen molar-refractivity contribution in [3.8, 4) is 0 Å². The van der Waals surface area contributed by atoms with Crippen LogP contribution in [0, 0.1) is 11.8 Å². The minimum atomic E-state index is -0.884. The van der Waals surface area contributed by atoms with Crippen LogP contribution >= 0.6 is 0 Å². The van der Waals surface area contributed by atoms with Gasteiger partial charge < -0.3 is 15.6 Å². The molecule has 3 N–H and O–H groups in total. The predicted molar refractivity (Wildman–Crippen MR) is 43.7 cm³/mol. The molecule has 4 nitrogen and oxygen atoms in total. The van der Waals surface area contributed by atoms with Gasteiger partial charge in [-0.15, -0.1) is 0 Å². The lowest BCUT2D eigenvalue weighted by molar-refractivity contribution is -0.150. The first-order valence-corrected chi connectivity index (χ1v) is 4.16. The van der Waals surface area contributed by atoms with E-state index in [1.165, 1.54) is 0 Å². The number of carboxylic acid groups (broad SMARTS) is 1. The summed E-state index contributed by atoms with van der Waals surface area (Å²) in [5.74, 6) is -0.600. The van der Waals surface area contributed by atoms with E-state index in [1.54, 1.807) is 0 Å². The zero-order valence-corrected chi connectivity index (χ0v) is 7.36. The van der Waals surface area contributed by atoms with Gasteiger partial charge in [-0.2, -0.15) is 0 Å². The van der Waals surface area contributed by atoms with Crippen molar-refractivity contribution < 1.29 is 14.6 Å². The Morgan fingerprint density at radius 1 is 1.50 bits per heavy atom. The van der Waals surface area contributed by atoms with Gasteiger partial charge in [0.1, 0.15) is 0 Å². The highest BCUT2D eigenvalue weighted by atomic mass is 16.5. The molecule has 1 aliphatic heterocycles. The smallest absolute Gasteiger partial charge is 0.333 e. The van der Waals surface area contributed by atoms with E-state index in [0.29, 0.717) is 6.54 Å². The number of ether oxygens (including phenoxy) is 1. The Bertz CT molecular complexity index is 183. The molecule has 0 aliphatic carbocycles. The fraction of sp³-hybridized carbons (Fsp3) is 0.875. The molecule has 4 atom stereocenters. The summed E-state index contributed by atoms with van der Waals surface area (Å²) in [4.78, 5) is 10.7. The minimum absolute atomic E-state index is 0.0519. The Hall–Kier alpha value is -0.610. The summed E-state index contributed by atoms with van der Waals surface area (Å²) in [5, 5.41) is 8.75. The highest BCUT2D eigenvalue weighted by Gasteiger charge is 2.42. The van der Waals surface area contributed by atoms with Crippen molar-refractivity contribution in [2.75, 3.05) is 6.54 Å². The topological polar surface area (TPSA) is 72.5 Å². The van der Waals surface area contributed by atoms with Crippen molar-refractivity contribution in [3.63, 3.8) is 0 Å². The van der Waals surface area contributed by atoms with Crippen LogP contribution in [0.25, 0.3) is 0 Å². The molecule has 1 fully saturated rings. The average molecular weight is 173 g/mol. The number of rotatable bonds is 2. The molecule has 0 saturated carbocycles. The molecule has 1 rings (SSSR count). The van der Waals surface area contributed by atoms with Gasteiger partial charge >= 0.3 is 5.97 Å². The number of nitrogens with two attached hydrogens (primary N) is 1. The molecule has 12 heavy (non-hydrogen) atoms. The van der Waals surface area contributed by atoms with Crippen LogP contribution in [-0.4, -0.2) is 29.8 Å². The average Bonchev–Trinajstić information content (AvgIpc) is 2.30. The van der Waals surface area contributed by atoms with E-state index in [9.17, 15) is 4.79 Å². The third-order valence-corrected chi connectivity index (χ3v) is 2.69. The molecule has 0 aromatic heterocycles. The first-order chi connectivity index (χ1) is 5.57. The maximum absolute atomic E-state index is 10.7. The van der Waals surface area contributed by atoms with Gasteiger partial charge in [0.2, 0.25) is 0 Å². The second-order valence-electron chi connectivity index (χ2n) is 3.39.